The fourth-order valence-corrected chi connectivity index (χ4v) is 3.55. The molecule has 2 heterocycles. The Hall–Kier alpha value is -3.21. The van der Waals surface area contributed by atoms with Crippen LogP contribution in [0.4, 0.5) is 21.6 Å². The molecule has 136 valence electrons. The zero-order valence-corrected chi connectivity index (χ0v) is 15.0. The molecule has 1 amide bonds. The van der Waals surface area contributed by atoms with Crippen LogP contribution in [0.5, 0.6) is 0 Å². The van der Waals surface area contributed by atoms with Crippen molar-refractivity contribution in [3.05, 3.63) is 83.8 Å². The Balaban J connectivity index is 1.46. The third-order valence-electron chi connectivity index (χ3n) is 4.74. The number of benzene rings is 2. The van der Waals surface area contributed by atoms with Crippen molar-refractivity contribution < 1.29 is 9.18 Å². The maximum atomic E-state index is 13.2. The number of pyridine rings is 1. The maximum Gasteiger partial charge on any atom is 0.228 e. The van der Waals surface area contributed by atoms with Gasteiger partial charge in [-0.2, -0.15) is 0 Å². The minimum absolute atomic E-state index is 0.121. The van der Waals surface area contributed by atoms with E-state index in [-0.39, 0.29) is 18.1 Å². The Morgan fingerprint density at radius 2 is 2.04 bits per heavy atom. The van der Waals surface area contributed by atoms with Gasteiger partial charge in [-0.15, -0.1) is 0 Å². The first-order valence-corrected chi connectivity index (χ1v) is 8.97. The fraction of sp³-hybridized carbons (Fsp3) is 0.182. The molecule has 0 bridgehead atoms. The van der Waals surface area contributed by atoms with Gasteiger partial charge in [0.15, 0.2) is 0 Å². The molecule has 1 aliphatic rings. The largest absolute Gasteiger partial charge is 0.324 e. The first-order valence-electron chi connectivity index (χ1n) is 8.97. The first kappa shape index (κ1) is 17.2. The van der Waals surface area contributed by atoms with Gasteiger partial charge in [0, 0.05) is 11.7 Å². The lowest BCUT2D eigenvalue weighted by Gasteiger charge is -2.24. The Kier molecular flexibility index (Phi) is 4.59. The van der Waals surface area contributed by atoms with Crippen LogP contribution in [0.2, 0.25) is 0 Å². The summed E-state index contributed by atoms with van der Waals surface area (Å²) in [5.74, 6) is 0.317. The standard InChI is InChI=1S/C22H20FN3O/c1-15-11-17-6-2-3-8-20(17)26(15)21-10-9-19(14-24-21)25-22(27)13-16-5-4-7-18(23)12-16/h2-10,12,14-15H,11,13H2,1H3,(H,25,27). The molecule has 1 aromatic heterocycles. The molecule has 1 N–H and O–H groups in total. The van der Waals surface area contributed by atoms with Crippen LogP contribution < -0.4 is 10.2 Å². The molecule has 0 fully saturated rings. The molecule has 4 nitrogen and oxygen atoms in total. The second-order valence-corrected chi connectivity index (χ2v) is 6.81. The summed E-state index contributed by atoms with van der Waals surface area (Å²) in [4.78, 5) is 18.9. The third-order valence-corrected chi connectivity index (χ3v) is 4.74. The van der Waals surface area contributed by atoms with Crippen molar-refractivity contribution in [1.82, 2.24) is 4.98 Å². The molecular weight excluding hydrogens is 341 g/mol. The Labute approximate surface area is 157 Å². The summed E-state index contributed by atoms with van der Waals surface area (Å²) in [5, 5.41) is 2.82. The minimum Gasteiger partial charge on any atom is -0.324 e. The van der Waals surface area contributed by atoms with Crippen molar-refractivity contribution in [2.75, 3.05) is 10.2 Å². The lowest BCUT2D eigenvalue weighted by atomic mass is 10.1. The van der Waals surface area contributed by atoms with Gasteiger partial charge in [-0.25, -0.2) is 9.37 Å². The molecule has 2 aromatic carbocycles. The van der Waals surface area contributed by atoms with E-state index in [0.717, 1.165) is 12.2 Å². The van der Waals surface area contributed by atoms with E-state index in [0.29, 0.717) is 17.3 Å². The highest BCUT2D eigenvalue weighted by Gasteiger charge is 2.27. The van der Waals surface area contributed by atoms with Gasteiger partial charge in [0.05, 0.1) is 18.3 Å². The molecular formula is C22H20FN3O. The van der Waals surface area contributed by atoms with Gasteiger partial charge >= 0.3 is 0 Å². The number of carbonyl (C=O) groups is 1. The highest BCUT2D eigenvalue weighted by atomic mass is 19.1. The molecule has 27 heavy (non-hydrogen) atoms. The number of hydrogen-bond acceptors (Lipinski definition) is 3. The van der Waals surface area contributed by atoms with Crippen LogP contribution in [0.15, 0.2) is 66.9 Å². The van der Waals surface area contributed by atoms with Crippen LogP contribution in [0.1, 0.15) is 18.1 Å². The lowest BCUT2D eigenvalue weighted by Crippen LogP contribution is -2.24. The van der Waals surface area contributed by atoms with E-state index in [4.69, 9.17) is 0 Å². The van der Waals surface area contributed by atoms with Crippen molar-refractivity contribution in [3.63, 3.8) is 0 Å². The summed E-state index contributed by atoms with van der Waals surface area (Å²) in [6, 6.07) is 18.5. The van der Waals surface area contributed by atoms with Gasteiger partial charge < -0.3 is 10.2 Å². The number of para-hydroxylation sites is 1. The zero-order chi connectivity index (χ0) is 18.8. The summed E-state index contributed by atoms with van der Waals surface area (Å²) < 4.78 is 13.2. The van der Waals surface area contributed by atoms with E-state index in [2.05, 4.69) is 40.3 Å². The van der Waals surface area contributed by atoms with Crippen LogP contribution in [-0.2, 0) is 17.6 Å². The average Bonchev–Trinajstić information content (AvgIpc) is 2.98. The van der Waals surface area contributed by atoms with Gasteiger partial charge in [-0.05, 0) is 54.8 Å². The summed E-state index contributed by atoms with van der Waals surface area (Å²) in [6.07, 6.45) is 2.77. The second-order valence-electron chi connectivity index (χ2n) is 6.81. The SMILES string of the molecule is CC1Cc2ccccc2N1c1ccc(NC(=O)Cc2cccc(F)c2)cn1. The summed E-state index contributed by atoms with van der Waals surface area (Å²) in [6.45, 7) is 2.18. The number of halogens is 1. The summed E-state index contributed by atoms with van der Waals surface area (Å²) >= 11 is 0. The monoisotopic (exact) mass is 361 g/mol. The number of amides is 1. The normalized spacial score (nSPS) is 15.5. The molecule has 0 spiro atoms. The van der Waals surface area contributed by atoms with E-state index in [1.165, 1.54) is 23.4 Å². The van der Waals surface area contributed by atoms with Crippen LogP contribution in [-0.4, -0.2) is 16.9 Å². The van der Waals surface area contributed by atoms with Crippen molar-refractivity contribution in [3.8, 4) is 0 Å². The number of carbonyl (C=O) groups excluding carboxylic acids is 1. The number of rotatable bonds is 4. The van der Waals surface area contributed by atoms with Gasteiger partial charge in [0.1, 0.15) is 11.6 Å². The van der Waals surface area contributed by atoms with Crippen molar-refractivity contribution in [2.45, 2.75) is 25.8 Å². The number of aromatic nitrogens is 1. The number of fused-ring (bicyclic) bond motifs is 1. The second kappa shape index (κ2) is 7.19. The van der Waals surface area contributed by atoms with E-state index < -0.39 is 0 Å². The van der Waals surface area contributed by atoms with Crippen molar-refractivity contribution in [2.24, 2.45) is 0 Å². The molecule has 0 saturated carbocycles. The highest BCUT2D eigenvalue weighted by Crippen LogP contribution is 2.37. The quantitative estimate of drug-likeness (QED) is 0.745. The van der Waals surface area contributed by atoms with Crippen molar-refractivity contribution >= 4 is 23.1 Å². The van der Waals surface area contributed by atoms with Crippen LogP contribution in [0.3, 0.4) is 0 Å². The minimum atomic E-state index is -0.341. The zero-order valence-electron chi connectivity index (χ0n) is 15.0. The van der Waals surface area contributed by atoms with Gasteiger partial charge in [0.2, 0.25) is 5.91 Å². The number of hydrogen-bond donors (Lipinski definition) is 1. The van der Waals surface area contributed by atoms with E-state index in [1.807, 2.05) is 18.2 Å². The number of nitrogens with zero attached hydrogens (tertiary/aromatic N) is 2. The van der Waals surface area contributed by atoms with Crippen molar-refractivity contribution in [1.29, 1.82) is 0 Å². The van der Waals surface area contributed by atoms with Crippen LogP contribution in [0, 0.1) is 5.82 Å². The molecule has 4 rings (SSSR count). The molecule has 0 aliphatic carbocycles. The average molecular weight is 361 g/mol. The Morgan fingerprint density at radius 3 is 2.81 bits per heavy atom. The van der Waals surface area contributed by atoms with E-state index >= 15 is 0 Å². The third kappa shape index (κ3) is 3.67. The fourth-order valence-electron chi connectivity index (χ4n) is 3.55. The molecule has 1 atom stereocenters. The number of nitrogens with one attached hydrogen (secondary N) is 1. The van der Waals surface area contributed by atoms with Gasteiger partial charge in [-0.1, -0.05) is 30.3 Å². The van der Waals surface area contributed by atoms with Gasteiger partial charge in [-0.3, -0.25) is 4.79 Å². The summed E-state index contributed by atoms with van der Waals surface area (Å²) in [5.41, 5.74) is 3.76. The molecule has 1 unspecified atom stereocenters. The molecule has 1 aliphatic heterocycles. The highest BCUT2D eigenvalue weighted by molar-refractivity contribution is 5.92. The Bertz CT molecular complexity index is 971. The topological polar surface area (TPSA) is 45.2 Å². The van der Waals surface area contributed by atoms with E-state index in [1.54, 1.807) is 18.3 Å². The van der Waals surface area contributed by atoms with Crippen LogP contribution in [0.25, 0.3) is 0 Å². The Morgan fingerprint density at radius 1 is 1.19 bits per heavy atom. The number of anilines is 3. The molecule has 5 heteroatoms. The predicted molar refractivity (Wildman–Crippen MR) is 105 cm³/mol. The maximum absolute atomic E-state index is 13.2. The molecule has 3 aromatic rings. The smallest absolute Gasteiger partial charge is 0.228 e. The molecule has 0 radical (unpaired) electrons. The van der Waals surface area contributed by atoms with Gasteiger partial charge in [0.25, 0.3) is 0 Å². The van der Waals surface area contributed by atoms with E-state index in [9.17, 15) is 9.18 Å². The molecule has 0 saturated heterocycles. The van der Waals surface area contributed by atoms with Crippen LogP contribution >= 0.6 is 0 Å². The lowest BCUT2D eigenvalue weighted by molar-refractivity contribution is -0.115. The first-order chi connectivity index (χ1) is 13.1. The summed E-state index contributed by atoms with van der Waals surface area (Å²) in [7, 11) is 0. The predicted octanol–water partition coefficient (Wildman–Crippen LogP) is 4.48.